The number of carbonyl (C=O) groups excluding carboxylic acids is 1. The van der Waals surface area contributed by atoms with Crippen LogP contribution in [0.3, 0.4) is 0 Å². The molecular formula is C16H25N3O. The summed E-state index contributed by atoms with van der Waals surface area (Å²) < 4.78 is 0. The molecule has 4 nitrogen and oxygen atoms in total. The van der Waals surface area contributed by atoms with Gasteiger partial charge in [-0.3, -0.25) is 9.69 Å². The van der Waals surface area contributed by atoms with Crippen molar-refractivity contribution in [3.63, 3.8) is 0 Å². The Hall–Kier alpha value is -1.55. The molecule has 1 aliphatic heterocycles. The first-order valence-corrected chi connectivity index (χ1v) is 7.31. The Morgan fingerprint density at radius 2 is 1.85 bits per heavy atom. The maximum absolute atomic E-state index is 11.7. The lowest BCUT2D eigenvalue weighted by molar-refractivity contribution is -0.125. The van der Waals surface area contributed by atoms with Crippen LogP contribution >= 0.6 is 0 Å². The second kappa shape index (κ2) is 6.27. The lowest BCUT2D eigenvalue weighted by Crippen LogP contribution is -2.53. The molecule has 1 aromatic carbocycles. The van der Waals surface area contributed by atoms with Crippen LogP contribution in [0.25, 0.3) is 0 Å². The molecule has 1 heterocycles. The topological polar surface area (TPSA) is 35.6 Å². The third-order valence-corrected chi connectivity index (χ3v) is 4.40. The molecule has 1 saturated heterocycles. The molecule has 1 fully saturated rings. The molecule has 0 spiro atoms. The summed E-state index contributed by atoms with van der Waals surface area (Å²) in [6.45, 7) is 10.1. The lowest BCUT2D eigenvalue weighted by atomic mass is 10.1. The molecule has 0 bridgehead atoms. The van der Waals surface area contributed by atoms with E-state index in [1.807, 2.05) is 6.92 Å². The molecule has 4 heteroatoms. The van der Waals surface area contributed by atoms with Gasteiger partial charge in [0.25, 0.3) is 0 Å². The van der Waals surface area contributed by atoms with Crippen LogP contribution in [0.5, 0.6) is 0 Å². The van der Waals surface area contributed by atoms with Crippen molar-refractivity contribution in [2.45, 2.75) is 26.8 Å². The van der Waals surface area contributed by atoms with Crippen molar-refractivity contribution < 1.29 is 4.79 Å². The van der Waals surface area contributed by atoms with E-state index in [2.05, 4.69) is 47.2 Å². The van der Waals surface area contributed by atoms with Gasteiger partial charge in [0.1, 0.15) is 0 Å². The Kier molecular flexibility index (Phi) is 4.65. The second-order valence-electron chi connectivity index (χ2n) is 5.53. The Morgan fingerprint density at radius 3 is 2.45 bits per heavy atom. The van der Waals surface area contributed by atoms with Crippen LogP contribution in [0.15, 0.2) is 18.2 Å². The van der Waals surface area contributed by atoms with E-state index in [9.17, 15) is 4.79 Å². The van der Waals surface area contributed by atoms with Gasteiger partial charge in [0.2, 0.25) is 5.91 Å². The highest BCUT2D eigenvalue weighted by molar-refractivity contribution is 5.81. The van der Waals surface area contributed by atoms with Crippen LogP contribution in [0.2, 0.25) is 0 Å². The molecule has 1 amide bonds. The zero-order valence-electron chi connectivity index (χ0n) is 12.9. The van der Waals surface area contributed by atoms with Gasteiger partial charge < -0.3 is 10.2 Å². The van der Waals surface area contributed by atoms with E-state index in [0.717, 1.165) is 26.2 Å². The van der Waals surface area contributed by atoms with E-state index >= 15 is 0 Å². The number of anilines is 1. The van der Waals surface area contributed by atoms with Crippen molar-refractivity contribution >= 4 is 11.6 Å². The van der Waals surface area contributed by atoms with Crippen molar-refractivity contribution in [3.05, 3.63) is 29.3 Å². The van der Waals surface area contributed by atoms with Crippen LogP contribution in [0, 0.1) is 13.8 Å². The molecule has 0 saturated carbocycles. The summed E-state index contributed by atoms with van der Waals surface area (Å²) in [7, 11) is 1.70. The monoisotopic (exact) mass is 275 g/mol. The number of likely N-dealkylation sites (N-methyl/N-ethyl adjacent to an activating group) is 1. The van der Waals surface area contributed by atoms with Crippen molar-refractivity contribution in [1.82, 2.24) is 10.2 Å². The van der Waals surface area contributed by atoms with E-state index < -0.39 is 0 Å². The van der Waals surface area contributed by atoms with E-state index in [1.165, 1.54) is 16.8 Å². The average molecular weight is 275 g/mol. The molecule has 0 aromatic heterocycles. The van der Waals surface area contributed by atoms with Gasteiger partial charge in [-0.05, 0) is 38.0 Å². The van der Waals surface area contributed by atoms with Crippen LogP contribution in [-0.2, 0) is 4.79 Å². The third kappa shape index (κ3) is 2.96. The standard InChI is InChI=1S/C16H25N3O/c1-12-6-5-7-15(13(12)2)19-10-8-18(9-11-19)14(3)16(20)17-4/h5-7,14H,8-11H2,1-4H3,(H,17,20). The fraction of sp³-hybridized carbons (Fsp3) is 0.562. The summed E-state index contributed by atoms with van der Waals surface area (Å²) in [5, 5.41) is 2.73. The van der Waals surface area contributed by atoms with E-state index in [4.69, 9.17) is 0 Å². The summed E-state index contributed by atoms with van der Waals surface area (Å²) in [4.78, 5) is 16.4. The molecule has 1 atom stereocenters. The Bertz CT molecular complexity index is 479. The summed E-state index contributed by atoms with van der Waals surface area (Å²) >= 11 is 0. The first kappa shape index (κ1) is 14.9. The van der Waals surface area contributed by atoms with Gasteiger partial charge in [0.05, 0.1) is 6.04 Å². The van der Waals surface area contributed by atoms with Gasteiger partial charge in [0, 0.05) is 38.9 Å². The molecule has 0 aliphatic carbocycles. The molecular weight excluding hydrogens is 250 g/mol. The van der Waals surface area contributed by atoms with Gasteiger partial charge in [-0.2, -0.15) is 0 Å². The molecule has 1 unspecified atom stereocenters. The predicted molar refractivity (Wildman–Crippen MR) is 83.2 cm³/mol. The smallest absolute Gasteiger partial charge is 0.236 e. The largest absolute Gasteiger partial charge is 0.369 e. The number of benzene rings is 1. The van der Waals surface area contributed by atoms with E-state index in [1.54, 1.807) is 7.05 Å². The summed E-state index contributed by atoms with van der Waals surface area (Å²) in [5.41, 5.74) is 4.03. The number of nitrogens with zero attached hydrogens (tertiary/aromatic N) is 2. The zero-order chi connectivity index (χ0) is 14.7. The Morgan fingerprint density at radius 1 is 1.20 bits per heavy atom. The first-order valence-electron chi connectivity index (χ1n) is 7.31. The predicted octanol–water partition coefficient (Wildman–Crippen LogP) is 1.56. The molecule has 2 rings (SSSR count). The van der Waals surface area contributed by atoms with Gasteiger partial charge in [-0.25, -0.2) is 0 Å². The first-order chi connectivity index (χ1) is 9.54. The third-order valence-electron chi connectivity index (χ3n) is 4.40. The van der Waals surface area contributed by atoms with Crippen LogP contribution in [0.4, 0.5) is 5.69 Å². The molecule has 1 aliphatic rings. The SMILES string of the molecule is CNC(=O)C(C)N1CCN(c2cccc(C)c2C)CC1. The van der Waals surface area contributed by atoms with Crippen molar-refractivity contribution in [3.8, 4) is 0 Å². The normalized spacial score (nSPS) is 17.9. The maximum Gasteiger partial charge on any atom is 0.236 e. The van der Waals surface area contributed by atoms with Crippen LogP contribution in [-0.4, -0.2) is 50.1 Å². The van der Waals surface area contributed by atoms with E-state index in [-0.39, 0.29) is 11.9 Å². The van der Waals surface area contributed by atoms with Gasteiger partial charge in [-0.1, -0.05) is 12.1 Å². The quantitative estimate of drug-likeness (QED) is 0.909. The molecule has 1 N–H and O–H groups in total. The van der Waals surface area contributed by atoms with Crippen molar-refractivity contribution in [2.24, 2.45) is 0 Å². The number of rotatable bonds is 3. The minimum Gasteiger partial charge on any atom is -0.369 e. The van der Waals surface area contributed by atoms with Crippen molar-refractivity contribution in [2.75, 3.05) is 38.1 Å². The fourth-order valence-corrected chi connectivity index (χ4v) is 2.80. The number of piperazine rings is 1. The molecule has 1 aromatic rings. The van der Waals surface area contributed by atoms with Crippen LogP contribution in [0.1, 0.15) is 18.1 Å². The highest BCUT2D eigenvalue weighted by Gasteiger charge is 2.25. The summed E-state index contributed by atoms with van der Waals surface area (Å²) in [6.07, 6.45) is 0. The number of aryl methyl sites for hydroxylation is 1. The number of hydrogen-bond acceptors (Lipinski definition) is 3. The fourth-order valence-electron chi connectivity index (χ4n) is 2.80. The number of carbonyl (C=O) groups is 1. The Balaban J connectivity index is 2.01. The van der Waals surface area contributed by atoms with E-state index in [0.29, 0.717) is 0 Å². The average Bonchev–Trinajstić information content (AvgIpc) is 2.48. The van der Waals surface area contributed by atoms with Crippen molar-refractivity contribution in [1.29, 1.82) is 0 Å². The lowest BCUT2D eigenvalue weighted by Gasteiger charge is -2.39. The number of nitrogens with one attached hydrogen (secondary N) is 1. The van der Waals surface area contributed by atoms with Gasteiger partial charge in [0.15, 0.2) is 0 Å². The van der Waals surface area contributed by atoms with Crippen LogP contribution < -0.4 is 10.2 Å². The Labute approximate surface area is 121 Å². The highest BCUT2D eigenvalue weighted by Crippen LogP contribution is 2.24. The van der Waals surface area contributed by atoms with Gasteiger partial charge >= 0.3 is 0 Å². The molecule has 0 radical (unpaired) electrons. The summed E-state index contributed by atoms with van der Waals surface area (Å²) in [6, 6.07) is 6.43. The highest BCUT2D eigenvalue weighted by atomic mass is 16.2. The minimum absolute atomic E-state index is 0.0410. The second-order valence-corrected chi connectivity index (χ2v) is 5.53. The minimum atomic E-state index is -0.0410. The zero-order valence-corrected chi connectivity index (χ0v) is 12.9. The number of hydrogen-bond donors (Lipinski definition) is 1. The summed E-state index contributed by atoms with van der Waals surface area (Å²) in [5.74, 6) is 0.102. The maximum atomic E-state index is 11.7. The molecule has 20 heavy (non-hydrogen) atoms. The molecule has 110 valence electrons. The van der Waals surface area contributed by atoms with Gasteiger partial charge in [-0.15, -0.1) is 0 Å². The number of amides is 1.